The number of pyridine rings is 1. The summed E-state index contributed by atoms with van der Waals surface area (Å²) in [6.45, 7) is 2.06. The number of carbonyl (C=O) groups excluding carboxylic acids is 1. The molecule has 0 radical (unpaired) electrons. The SMILES string of the molecule is CCc1cc(C(=O)OC)ccc1N(C)c1cc2c(cn1)ncn2C. The monoisotopic (exact) mass is 324 g/mol. The number of carbonyl (C=O) groups is 1. The van der Waals surface area contributed by atoms with Crippen LogP contribution in [0.5, 0.6) is 0 Å². The van der Waals surface area contributed by atoms with E-state index in [4.69, 9.17) is 4.74 Å². The van der Waals surface area contributed by atoms with Crippen LogP contribution in [-0.2, 0) is 18.2 Å². The third kappa shape index (κ3) is 2.71. The van der Waals surface area contributed by atoms with Gasteiger partial charge in [-0.25, -0.2) is 14.8 Å². The zero-order chi connectivity index (χ0) is 17.3. The summed E-state index contributed by atoms with van der Waals surface area (Å²) >= 11 is 0. The molecule has 0 atom stereocenters. The smallest absolute Gasteiger partial charge is 0.337 e. The molecule has 6 heteroatoms. The van der Waals surface area contributed by atoms with Gasteiger partial charge in [0.05, 0.1) is 30.7 Å². The highest BCUT2D eigenvalue weighted by atomic mass is 16.5. The maximum Gasteiger partial charge on any atom is 0.337 e. The van der Waals surface area contributed by atoms with E-state index in [9.17, 15) is 4.79 Å². The van der Waals surface area contributed by atoms with Crippen LogP contribution in [0.2, 0.25) is 0 Å². The Morgan fingerprint density at radius 2 is 2.08 bits per heavy atom. The molecule has 2 heterocycles. The highest BCUT2D eigenvalue weighted by Gasteiger charge is 2.14. The van der Waals surface area contributed by atoms with Gasteiger partial charge >= 0.3 is 5.97 Å². The summed E-state index contributed by atoms with van der Waals surface area (Å²) in [7, 11) is 5.32. The summed E-state index contributed by atoms with van der Waals surface area (Å²) in [5, 5.41) is 0. The van der Waals surface area contributed by atoms with Gasteiger partial charge in [-0.1, -0.05) is 6.92 Å². The molecule has 6 nitrogen and oxygen atoms in total. The first kappa shape index (κ1) is 16.0. The van der Waals surface area contributed by atoms with E-state index in [1.807, 2.05) is 41.8 Å². The lowest BCUT2D eigenvalue weighted by atomic mass is 10.1. The van der Waals surface area contributed by atoms with E-state index in [0.717, 1.165) is 34.5 Å². The minimum atomic E-state index is -0.326. The van der Waals surface area contributed by atoms with Crippen LogP contribution in [0, 0.1) is 0 Å². The lowest BCUT2D eigenvalue weighted by Crippen LogP contribution is -2.14. The first-order valence-corrected chi connectivity index (χ1v) is 7.77. The maximum atomic E-state index is 11.7. The Bertz CT molecular complexity index is 901. The summed E-state index contributed by atoms with van der Waals surface area (Å²) in [5.41, 5.74) is 4.52. The first-order valence-electron chi connectivity index (χ1n) is 7.77. The predicted octanol–water partition coefficient (Wildman–Crippen LogP) is 3.09. The third-order valence-corrected chi connectivity index (χ3v) is 4.18. The molecule has 0 unspecified atom stereocenters. The summed E-state index contributed by atoms with van der Waals surface area (Å²) in [5.74, 6) is 0.500. The number of anilines is 2. The van der Waals surface area contributed by atoms with Crippen LogP contribution in [0.4, 0.5) is 11.5 Å². The zero-order valence-electron chi connectivity index (χ0n) is 14.3. The van der Waals surface area contributed by atoms with E-state index >= 15 is 0 Å². The van der Waals surface area contributed by atoms with Crippen molar-refractivity contribution in [1.82, 2.24) is 14.5 Å². The normalized spacial score (nSPS) is 10.8. The zero-order valence-corrected chi connectivity index (χ0v) is 14.3. The van der Waals surface area contributed by atoms with Crippen molar-refractivity contribution < 1.29 is 9.53 Å². The second-order valence-corrected chi connectivity index (χ2v) is 5.63. The topological polar surface area (TPSA) is 60.2 Å². The number of aryl methyl sites for hydroxylation is 2. The number of ether oxygens (including phenoxy) is 1. The van der Waals surface area contributed by atoms with Crippen LogP contribution < -0.4 is 4.90 Å². The van der Waals surface area contributed by atoms with Gasteiger partial charge in [0.15, 0.2) is 0 Å². The second-order valence-electron chi connectivity index (χ2n) is 5.63. The molecule has 1 aromatic carbocycles. The Labute approximate surface area is 140 Å². The molecule has 0 saturated heterocycles. The maximum absolute atomic E-state index is 11.7. The molecule has 0 fully saturated rings. The van der Waals surface area contributed by atoms with Crippen molar-refractivity contribution in [2.45, 2.75) is 13.3 Å². The Hall–Kier alpha value is -2.89. The number of hydrogen-bond donors (Lipinski definition) is 0. The molecular weight excluding hydrogens is 304 g/mol. The largest absolute Gasteiger partial charge is 0.465 e. The number of nitrogens with zero attached hydrogens (tertiary/aromatic N) is 4. The lowest BCUT2D eigenvalue weighted by Gasteiger charge is -2.22. The van der Waals surface area contributed by atoms with Gasteiger partial charge in [-0.05, 0) is 30.2 Å². The number of fused-ring (bicyclic) bond motifs is 1. The molecule has 3 aromatic rings. The minimum Gasteiger partial charge on any atom is -0.465 e. The molecule has 124 valence electrons. The Morgan fingerprint density at radius 3 is 2.79 bits per heavy atom. The van der Waals surface area contributed by atoms with Crippen molar-refractivity contribution in [3.05, 3.63) is 47.9 Å². The number of benzene rings is 1. The number of methoxy groups -OCH3 is 1. The fraction of sp³-hybridized carbons (Fsp3) is 0.278. The van der Waals surface area contributed by atoms with Crippen LogP contribution in [0.1, 0.15) is 22.8 Å². The summed E-state index contributed by atoms with van der Waals surface area (Å²) in [4.78, 5) is 22.5. The number of aromatic nitrogens is 3. The number of hydrogen-bond acceptors (Lipinski definition) is 5. The molecule has 0 aliphatic heterocycles. The van der Waals surface area contributed by atoms with E-state index in [1.165, 1.54) is 7.11 Å². The Kier molecular flexibility index (Phi) is 4.20. The molecule has 0 N–H and O–H groups in total. The molecular formula is C18H20N4O2. The molecule has 0 bridgehead atoms. The minimum absolute atomic E-state index is 0.326. The van der Waals surface area contributed by atoms with E-state index in [2.05, 4.69) is 16.9 Å². The molecule has 0 spiro atoms. The highest BCUT2D eigenvalue weighted by Crippen LogP contribution is 2.28. The van der Waals surface area contributed by atoms with E-state index in [0.29, 0.717) is 5.56 Å². The molecule has 0 amide bonds. The van der Waals surface area contributed by atoms with Gasteiger partial charge in [-0.3, -0.25) is 0 Å². The number of rotatable bonds is 4. The van der Waals surface area contributed by atoms with Crippen molar-refractivity contribution in [2.24, 2.45) is 7.05 Å². The van der Waals surface area contributed by atoms with Crippen molar-refractivity contribution in [3.8, 4) is 0 Å². The molecule has 0 aliphatic rings. The van der Waals surface area contributed by atoms with Crippen LogP contribution in [0.3, 0.4) is 0 Å². The van der Waals surface area contributed by atoms with Crippen molar-refractivity contribution in [1.29, 1.82) is 0 Å². The van der Waals surface area contributed by atoms with E-state index < -0.39 is 0 Å². The van der Waals surface area contributed by atoms with Crippen molar-refractivity contribution in [2.75, 3.05) is 19.1 Å². The van der Waals surface area contributed by atoms with Gasteiger partial charge in [0.2, 0.25) is 0 Å². The predicted molar refractivity (Wildman–Crippen MR) is 93.7 cm³/mol. The fourth-order valence-corrected chi connectivity index (χ4v) is 2.77. The second kappa shape index (κ2) is 6.31. The summed E-state index contributed by atoms with van der Waals surface area (Å²) in [6.07, 6.45) is 4.35. The van der Waals surface area contributed by atoms with E-state index in [-0.39, 0.29) is 5.97 Å². The molecule has 0 saturated carbocycles. The molecule has 2 aromatic heterocycles. The van der Waals surface area contributed by atoms with Crippen molar-refractivity contribution >= 4 is 28.5 Å². The van der Waals surface area contributed by atoms with Gasteiger partial charge in [-0.15, -0.1) is 0 Å². The number of imidazole rings is 1. The van der Waals surface area contributed by atoms with Gasteiger partial charge in [-0.2, -0.15) is 0 Å². The van der Waals surface area contributed by atoms with Crippen LogP contribution in [0.15, 0.2) is 36.8 Å². The Morgan fingerprint density at radius 1 is 1.29 bits per heavy atom. The fourth-order valence-electron chi connectivity index (χ4n) is 2.77. The van der Waals surface area contributed by atoms with Crippen LogP contribution in [0.25, 0.3) is 11.0 Å². The molecule has 0 aliphatic carbocycles. The summed E-state index contributed by atoms with van der Waals surface area (Å²) in [6, 6.07) is 7.59. The van der Waals surface area contributed by atoms with Gasteiger partial charge < -0.3 is 14.2 Å². The van der Waals surface area contributed by atoms with Crippen molar-refractivity contribution in [3.63, 3.8) is 0 Å². The van der Waals surface area contributed by atoms with Gasteiger partial charge in [0.25, 0.3) is 0 Å². The standard InChI is InChI=1S/C18H20N4O2/c1-5-12-8-13(18(23)24-4)6-7-15(12)22(3)17-9-16-14(10-19-17)20-11-21(16)2/h6-11H,5H2,1-4H3. The average Bonchev–Trinajstić information content (AvgIpc) is 3.00. The number of esters is 1. The lowest BCUT2D eigenvalue weighted by molar-refractivity contribution is 0.0600. The van der Waals surface area contributed by atoms with Crippen LogP contribution in [-0.4, -0.2) is 34.7 Å². The van der Waals surface area contributed by atoms with Crippen LogP contribution >= 0.6 is 0 Å². The van der Waals surface area contributed by atoms with Gasteiger partial charge in [0, 0.05) is 25.8 Å². The molecule has 3 rings (SSSR count). The highest BCUT2D eigenvalue weighted by molar-refractivity contribution is 5.90. The third-order valence-electron chi connectivity index (χ3n) is 4.18. The summed E-state index contributed by atoms with van der Waals surface area (Å²) < 4.78 is 6.77. The molecule has 24 heavy (non-hydrogen) atoms. The average molecular weight is 324 g/mol. The van der Waals surface area contributed by atoms with Gasteiger partial charge in [0.1, 0.15) is 11.3 Å². The van der Waals surface area contributed by atoms with E-state index in [1.54, 1.807) is 18.6 Å². The quantitative estimate of drug-likeness (QED) is 0.690. The Balaban J connectivity index is 2.02. The first-order chi connectivity index (χ1) is 11.5.